The Balaban J connectivity index is 1.63. The Morgan fingerprint density at radius 1 is 1.38 bits per heavy atom. The number of likely N-dealkylation sites (tertiary alicyclic amines) is 1. The summed E-state index contributed by atoms with van der Waals surface area (Å²) >= 11 is 0. The van der Waals surface area contributed by atoms with E-state index in [0.29, 0.717) is 25.3 Å². The van der Waals surface area contributed by atoms with Crippen LogP contribution >= 0.6 is 0 Å². The predicted molar refractivity (Wildman–Crippen MR) is 92.8 cm³/mol. The first-order chi connectivity index (χ1) is 12.3. The molecule has 2 fully saturated rings. The summed E-state index contributed by atoms with van der Waals surface area (Å²) in [6.07, 6.45) is 3.69. The molecule has 9 heteroatoms. The predicted octanol–water partition coefficient (Wildman–Crippen LogP) is 0.337. The molecule has 0 radical (unpaired) electrons. The summed E-state index contributed by atoms with van der Waals surface area (Å²) < 4.78 is 33.6. The van der Waals surface area contributed by atoms with Crippen molar-refractivity contribution in [1.29, 1.82) is 0 Å². The molecular weight excluding hydrogens is 360 g/mol. The van der Waals surface area contributed by atoms with Gasteiger partial charge < -0.3 is 19.4 Å². The normalized spacial score (nSPS) is 25.7. The minimum Gasteiger partial charge on any atom is -0.467 e. The smallest absolute Gasteiger partial charge is 0.225 e. The lowest BCUT2D eigenvalue weighted by Crippen LogP contribution is -2.55. The molecule has 0 saturated carbocycles. The number of nitrogens with one attached hydrogen (secondary N) is 1. The zero-order valence-electron chi connectivity index (χ0n) is 14.7. The summed E-state index contributed by atoms with van der Waals surface area (Å²) in [5.74, 6) is -0.303. The number of sulfone groups is 1. The highest BCUT2D eigenvalue weighted by Crippen LogP contribution is 2.32. The summed E-state index contributed by atoms with van der Waals surface area (Å²) in [7, 11) is -3.21. The Morgan fingerprint density at radius 3 is 2.88 bits per heavy atom. The largest absolute Gasteiger partial charge is 0.467 e. The van der Waals surface area contributed by atoms with Crippen LogP contribution in [-0.4, -0.2) is 62.4 Å². The van der Waals surface area contributed by atoms with Crippen molar-refractivity contribution < 1.29 is 27.2 Å². The second-order valence-corrected chi connectivity index (χ2v) is 9.18. The van der Waals surface area contributed by atoms with Gasteiger partial charge in [-0.05, 0) is 25.0 Å². The van der Waals surface area contributed by atoms with Crippen molar-refractivity contribution in [2.24, 2.45) is 5.92 Å². The number of piperidine rings is 1. The minimum atomic E-state index is -3.21. The van der Waals surface area contributed by atoms with Crippen molar-refractivity contribution in [2.45, 2.75) is 38.0 Å². The Bertz CT molecular complexity index is 745. The molecule has 8 nitrogen and oxygen atoms in total. The van der Waals surface area contributed by atoms with Crippen LogP contribution in [0.3, 0.4) is 0 Å². The molecule has 2 saturated heterocycles. The number of ether oxygens (including phenoxy) is 1. The fraction of sp³-hybridized carbons (Fsp3) is 0.647. The standard InChI is InChI=1S/C17H24N2O6S/c1-26(22,23)8-5-16(20)19-11-12(9-15-14(19)4-7-25-15)17(21)18-10-13-3-2-6-24-13/h2-3,6,12,14-15H,4-5,7-11H2,1H3,(H,18,21)/t12-,14+,15+/m0/s1. The van der Waals surface area contributed by atoms with Crippen molar-refractivity contribution in [1.82, 2.24) is 10.2 Å². The second kappa shape index (κ2) is 7.79. The molecule has 1 N–H and O–H groups in total. The maximum Gasteiger partial charge on any atom is 0.225 e. The summed E-state index contributed by atoms with van der Waals surface area (Å²) in [5.41, 5.74) is 0. The fourth-order valence-corrected chi connectivity index (χ4v) is 4.12. The van der Waals surface area contributed by atoms with Crippen molar-refractivity contribution in [3.63, 3.8) is 0 Å². The molecular formula is C17H24N2O6S. The average molecular weight is 384 g/mol. The van der Waals surface area contributed by atoms with E-state index in [-0.39, 0.29) is 48.6 Å². The first-order valence-electron chi connectivity index (χ1n) is 8.72. The zero-order chi connectivity index (χ0) is 18.7. The van der Waals surface area contributed by atoms with Crippen molar-refractivity contribution in [3.8, 4) is 0 Å². The fourth-order valence-electron chi connectivity index (χ4n) is 3.57. The molecule has 2 amide bonds. The van der Waals surface area contributed by atoms with Gasteiger partial charge in [0.15, 0.2) is 0 Å². The highest BCUT2D eigenvalue weighted by atomic mass is 32.2. The third kappa shape index (κ3) is 4.64. The summed E-state index contributed by atoms with van der Waals surface area (Å²) in [6, 6.07) is 3.45. The maximum absolute atomic E-state index is 12.6. The van der Waals surface area contributed by atoms with Crippen molar-refractivity contribution >= 4 is 21.7 Å². The van der Waals surface area contributed by atoms with E-state index >= 15 is 0 Å². The molecule has 3 rings (SSSR count). The molecule has 26 heavy (non-hydrogen) atoms. The molecule has 2 aliphatic heterocycles. The highest BCUT2D eigenvalue weighted by molar-refractivity contribution is 7.90. The third-order valence-corrected chi connectivity index (χ3v) is 5.85. The van der Waals surface area contributed by atoms with Crippen LogP contribution in [0, 0.1) is 5.92 Å². The first kappa shape index (κ1) is 18.9. The highest BCUT2D eigenvalue weighted by Gasteiger charge is 2.44. The van der Waals surface area contributed by atoms with Crippen LogP contribution in [-0.2, 0) is 30.7 Å². The second-order valence-electron chi connectivity index (χ2n) is 6.92. The third-order valence-electron chi connectivity index (χ3n) is 4.90. The lowest BCUT2D eigenvalue weighted by molar-refractivity contribution is -0.142. The van der Waals surface area contributed by atoms with E-state index < -0.39 is 9.84 Å². The summed E-state index contributed by atoms with van der Waals surface area (Å²) in [4.78, 5) is 26.7. The lowest BCUT2D eigenvalue weighted by atomic mass is 9.89. The molecule has 144 valence electrons. The number of hydrogen-bond donors (Lipinski definition) is 1. The van der Waals surface area contributed by atoms with E-state index in [1.165, 1.54) is 0 Å². The lowest BCUT2D eigenvalue weighted by Gasteiger charge is -2.40. The van der Waals surface area contributed by atoms with Gasteiger partial charge in [0.05, 0.1) is 36.6 Å². The molecule has 0 spiro atoms. The molecule has 1 aromatic heterocycles. The first-order valence-corrected chi connectivity index (χ1v) is 10.8. The van der Waals surface area contributed by atoms with Gasteiger partial charge in [-0.15, -0.1) is 0 Å². The molecule has 3 heterocycles. The maximum atomic E-state index is 12.6. The number of rotatable bonds is 6. The number of furan rings is 1. The van der Waals surface area contributed by atoms with Crippen LogP contribution < -0.4 is 5.32 Å². The van der Waals surface area contributed by atoms with Crippen LogP contribution in [0.2, 0.25) is 0 Å². The van der Waals surface area contributed by atoms with Crippen LogP contribution in [0.5, 0.6) is 0 Å². The zero-order valence-corrected chi connectivity index (χ0v) is 15.5. The molecule has 0 aliphatic carbocycles. The van der Waals surface area contributed by atoms with Gasteiger partial charge in [-0.25, -0.2) is 8.42 Å². The van der Waals surface area contributed by atoms with E-state index in [1.54, 1.807) is 23.3 Å². The summed E-state index contributed by atoms with van der Waals surface area (Å²) in [5, 5.41) is 2.83. The minimum absolute atomic E-state index is 0.0667. The van der Waals surface area contributed by atoms with Gasteiger partial charge in [0.2, 0.25) is 11.8 Å². The number of carbonyl (C=O) groups is 2. The van der Waals surface area contributed by atoms with Gasteiger partial charge in [-0.3, -0.25) is 9.59 Å². The van der Waals surface area contributed by atoms with Gasteiger partial charge >= 0.3 is 0 Å². The van der Waals surface area contributed by atoms with E-state index in [2.05, 4.69) is 5.32 Å². The number of carbonyl (C=O) groups excluding carboxylic acids is 2. The topological polar surface area (TPSA) is 106 Å². The van der Waals surface area contributed by atoms with Crippen LogP contribution in [0.25, 0.3) is 0 Å². The Labute approximate surface area is 152 Å². The van der Waals surface area contributed by atoms with Crippen molar-refractivity contribution in [3.05, 3.63) is 24.2 Å². The van der Waals surface area contributed by atoms with E-state index in [9.17, 15) is 18.0 Å². The van der Waals surface area contributed by atoms with Gasteiger partial charge in [-0.2, -0.15) is 0 Å². The van der Waals surface area contributed by atoms with Crippen LogP contribution in [0.15, 0.2) is 22.8 Å². The molecule has 1 aromatic rings. The van der Waals surface area contributed by atoms with Gasteiger partial charge in [0, 0.05) is 25.8 Å². The van der Waals surface area contributed by atoms with Gasteiger partial charge in [0.1, 0.15) is 15.6 Å². The number of hydrogen-bond acceptors (Lipinski definition) is 6. The Morgan fingerprint density at radius 2 is 2.19 bits per heavy atom. The van der Waals surface area contributed by atoms with Crippen molar-refractivity contribution in [2.75, 3.05) is 25.2 Å². The molecule has 0 bridgehead atoms. The van der Waals surface area contributed by atoms with Crippen LogP contribution in [0.4, 0.5) is 0 Å². The monoisotopic (exact) mass is 384 g/mol. The van der Waals surface area contributed by atoms with E-state index in [4.69, 9.17) is 9.15 Å². The molecule has 2 aliphatic rings. The Hall–Kier alpha value is -1.87. The average Bonchev–Trinajstić information content (AvgIpc) is 3.27. The number of fused-ring (bicyclic) bond motifs is 1. The molecule has 3 atom stereocenters. The number of nitrogens with zero attached hydrogens (tertiary/aromatic N) is 1. The van der Waals surface area contributed by atoms with E-state index in [1.807, 2.05) is 0 Å². The van der Waals surface area contributed by atoms with Crippen LogP contribution in [0.1, 0.15) is 25.0 Å². The van der Waals surface area contributed by atoms with E-state index in [0.717, 1.165) is 12.7 Å². The molecule has 0 aromatic carbocycles. The van der Waals surface area contributed by atoms with Gasteiger partial charge in [-0.1, -0.05) is 0 Å². The quantitative estimate of drug-likeness (QED) is 0.758. The SMILES string of the molecule is CS(=O)(=O)CCC(=O)N1C[C@@H](C(=O)NCc2ccco2)C[C@H]2OCC[C@H]21. The Kier molecular flexibility index (Phi) is 5.67. The number of amides is 2. The summed E-state index contributed by atoms with van der Waals surface area (Å²) in [6.45, 7) is 1.13. The van der Waals surface area contributed by atoms with Gasteiger partial charge in [0.25, 0.3) is 0 Å². The molecule has 0 unspecified atom stereocenters.